The molecule has 0 unspecified atom stereocenters. The number of benzene rings is 2. The molecule has 0 N–H and O–H groups in total. The van der Waals surface area contributed by atoms with Crippen LogP contribution in [0.4, 0.5) is 24.7 Å². The highest BCUT2D eigenvalue weighted by atomic mass is 19.4. The first-order chi connectivity index (χ1) is 20.3. The van der Waals surface area contributed by atoms with Crippen molar-refractivity contribution in [2.75, 3.05) is 76.4 Å². The average molecular weight is 584 g/mol. The lowest BCUT2D eigenvalue weighted by Gasteiger charge is -2.42. The number of piperidine rings is 1. The largest absolute Gasteiger partial charge is 0.496 e. The number of alkyl halides is 3. The van der Waals surface area contributed by atoms with Gasteiger partial charge in [-0.25, -0.2) is 9.97 Å². The Morgan fingerprint density at radius 2 is 1.76 bits per heavy atom. The van der Waals surface area contributed by atoms with E-state index in [4.69, 9.17) is 14.5 Å². The Bertz CT molecular complexity index is 1380. The molecule has 3 aliphatic rings. The molecule has 0 bridgehead atoms. The molecule has 1 saturated carbocycles. The van der Waals surface area contributed by atoms with E-state index in [-0.39, 0.29) is 18.7 Å². The molecule has 1 aliphatic carbocycles. The van der Waals surface area contributed by atoms with Gasteiger partial charge < -0.3 is 19.3 Å². The number of halogens is 3. The van der Waals surface area contributed by atoms with Gasteiger partial charge in [-0.3, -0.25) is 4.90 Å². The first-order valence-corrected chi connectivity index (χ1v) is 15.1. The Morgan fingerprint density at radius 3 is 2.43 bits per heavy atom. The average Bonchev–Trinajstić information content (AvgIpc) is 2.98. The second-order valence-corrected chi connectivity index (χ2v) is 11.9. The quantitative estimate of drug-likeness (QED) is 0.334. The van der Waals surface area contributed by atoms with Crippen LogP contribution in [-0.2, 0) is 10.2 Å². The highest BCUT2D eigenvalue weighted by Crippen LogP contribution is 2.54. The van der Waals surface area contributed by atoms with E-state index in [1.54, 1.807) is 7.11 Å². The molecule has 1 aromatic heterocycles. The van der Waals surface area contributed by atoms with Gasteiger partial charge in [-0.1, -0.05) is 24.6 Å². The number of likely N-dealkylation sites (N-methyl/N-ethyl adjacent to an activating group) is 1. The van der Waals surface area contributed by atoms with Gasteiger partial charge in [-0.05, 0) is 61.4 Å². The number of anilines is 2. The number of aromatic nitrogens is 2. The molecule has 2 saturated heterocycles. The van der Waals surface area contributed by atoms with Gasteiger partial charge in [0.15, 0.2) is 0 Å². The standard InChI is InChI=1S/C32H40F3N5O2/c1-38(16-17-39-18-20-42-21-19-39)24-8-9-27-26(22-24)29(37-30(36-27)31(12-5-13-31)32(33,34)35)40-14-10-23(11-15-40)25-6-3-4-7-28(25)41-2/h3-4,6-9,22-23H,5,10-21H2,1-2H3. The number of rotatable bonds is 8. The van der Waals surface area contributed by atoms with Crippen molar-refractivity contribution in [2.24, 2.45) is 0 Å². The van der Waals surface area contributed by atoms with Gasteiger partial charge in [0.2, 0.25) is 0 Å². The highest BCUT2D eigenvalue weighted by molar-refractivity contribution is 5.92. The summed E-state index contributed by atoms with van der Waals surface area (Å²) >= 11 is 0. The zero-order chi connectivity index (χ0) is 29.3. The van der Waals surface area contributed by atoms with Crippen LogP contribution < -0.4 is 14.5 Å². The van der Waals surface area contributed by atoms with Gasteiger partial charge >= 0.3 is 6.18 Å². The van der Waals surface area contributed by atoms with Crippen LogP contribution in [-0.4, -0.2) is 87.7 Å². The maximum absolute atomic E-state index is 14.4. The van der Waals surface area contributed by atoms with Crippen molar-refractivity contribution < 1.29 is 22.6 Å². The molecule has 10 heteroatoms. The predicted octanol–water partition coefficient (Wildman–Crippen LogP) is 5.77. The zero-order valence-electron chi connectivity index (χ0n) is 24.5. The number of para-hydroxylation sites is 1. The van der Waals surface area contributed by atoms with Crippen LogP contribution in [0.2, 0.25) is 0 Å². The molecular formula is C32H40F3N5O2. The summed E-state index contributed by atoms with van der Waals surface area (Å²) in [6.45, 7) is 6.53. The number of fused-ring (bicyclic) bond motifs is 1. The van der Waals surface area contributed by atoms with E-state index in [0.717, 1.165) is 69.1 Å². The Labute approximate surface area is 245 Å². The van der Waals surface area contributed by atoms with E-state index in [1.165, 1.54) is 5.56 Å². The topological polar surface area (TPSA) is 54.0 Å². The maximum atomic E-state index is 14.4. The fraction of sp³-hybridized carbons (Fsp3) is 0.562. The molecule has 42 heavy (non-hydrogen) atoms. The molecule has 2 aromatic carbocycles. The smallest absolute Gasteiger partial charge is 0.401 e. The number of hydrogen-bond acceptors (Lipinski definition) is 7. The summed E-state index contributed by atoms with van der Waals surface area (Å²) in [6, 6.07) is 14.0. The van der Waals surface area contributed by atoms with Crippen molar-refractivity contribution in [1.82, 2.24) is 14.9 Å². The van der Waals surface area contributed by atoms with E-state index < -0.39 is 11.6 Å². The normalized spacial score (nSPS) is 20.0. The van der Waals surface area contributed by atoms with E-state index >= 15 is 0 Å². The SMILES string of the molecule is COc1ccccc1C1CCN(c2nc(C3(C(F)(F)F)CCC3)nc3ccc(N(C)CCN4CCOCC4)cc23)CC1. The molecule has 0 radical (unpaired) electrons. The lowest BCUT2D eigenvalue weighted by molar-refractivity contribution is -0.215. The van der Waals surface area contributed by atoms with Gasteiger partial charge in [0.05, 0.1) is 25.8 Å². The van der Waals surface area contributed by atoms with Crippen LogP contribution in [0.1, 0.15) is 49.4 Å². The zero-order valence-corrected chi connectivity index (χ0v) is 24.5. The minimum atomic E-state index is -4.38. The molecule has 0 spiro atoms. The number of nitrogens with zero attached hydrogens (tertiary/aromatic N) is 5. The van der Waals surface area contributed by atoms with Crippen LogP contribution in [0.15, 0.2) is 42.5 Å². The van der Waals surface area contributed by atoms with Gasteiger partial charge in [-0.2, -0.15) is 13.2 Å². The summed E-state index contributed by atoms with van der Waals surface area (Å²) < 4.78 is 54.3. The molecular weight excluding hydrogens is 543 g/mol. The molecule has 226 valence electrons. The Balaban J connectivity index is 1.31. The Morgan fingerprint density at radius 1 is 1.02 bits per heavy atom. The Kier molecular flexibility index (Phi) is 8.20. The predicted molar refractivity (Wildman–Crippen MR) is 159 cm³/mol. The molecule has 3 heterocycles. The monoisotopic (exact) mass is 583 g/mol. The molecule has 0 amide bonds. The van der Waals surface area contributed by atoms with E-state index in [9.17, 15) is 13.2 Å². The lowest BCUT2D eigenvalue weighted by Crippen LogP contribution is -2.49. The molecule has 3 fully saturated rings. The molecule has 6 rings (SSSR count). The molecule has 0 atom stereocenters. The summed E-state index contributed by atoms with van der Waals surface area (Å²) in [6.07, 6.45) is -2.03. The van der Waals surface area contributed by atoms with Crippen LogP contribution in [0.3, 0.4) is 0 Å². The van der Waals surface area contributed by atoms with Crippen molar-refractivity contribution in [3.05, 3.63) is 53.9 Å². The van der Waals surface area contributed by atoms with Gasteiger partial charge in [0, 0.05) is 57.4 Å². The third-order valence-corrected chi connectivity index (χ3v) is 9.51. The fourth-order valence-corrected chi connectivity index (χ4v) is 6.61. The first-order valence-electron chi connectivity index (χ1n) is 15.1. The van der Waals surface area contributed by atoms with Crippen molar-refractivity contribution >= 4 is 22.4 Å². The van der Waals surface area contributed by atoms with E-state index in [0.29, 0.717) is 36.8 Å². The number of hydrogen-bond donors (Lipinski definition) is 0. The summed E-state index contributed by atoms with van der Waals surface area (Å²) in [7, 11) is 3.75. The highest BCUT2D eigenvalue weighted by Gasteiger charge is 2.61. The van der Waals surface area contributed by atoms with Crippen LogP contribution in [0.5, 0.6) is 5.75 Å². The van der Waals surface area contributed by atoms with Gasteiger partial charge in [0.25, 0.3) is 0 Å². The Hall–Kier alpha value is -3.11. The third-order valence-electron chi connectivity index (χ3n) is 9.51. The number of morpholine rings is 1. The second-order valence-electron chi connectivity index (χ2n) is 11.9. The van der Waals surface area contributed by atoms with Crippen LogP contribution in [0.25, 0.3) is 10.9 Å². The number of methoxy groups -OCH3 is 1. The second kappa shape index (κ2) is 11.9. The molecule has 2 aliphatic heterocycles. The van der Waals surface area contributed by atoms with Crippen molar-refractivity contribution in [2.45, 2.75) is 49.6 Å². The minimum absolute atomic E-state index is 0.0414. The van der Waals surface area contributed by atoms with Gasteiger partial charge in [0.1, 0.15) is 22.8 Å². The van der Waals surface area contributed by atoms with Crippen molar-refractivity contribution in [3.8, 4) is 5.75 Å². The summed E-state index contributed by atoms with van der Waals surface area (Å²) in [5.74, 6) is 1.74. The van der Waals surface area contributed by atoms with Gasteiger partial charge in [-0.15, -0.1) is 0 Å². The summed E-state index contributed by atoms with van der Waals surface area (Å²) in [5.41, 5.74) is 0.802. The third kappa shape index (κ3) is 5.51. The molecule has 3 aromatic rings. The van der Waals surface area contributed by atoms with Crippen molar-refractivity contribution in [1.29, 1.82) is 0 Å². The lowest BCUT2D eigenvalue weighted by atomic mass is 9.67. The first kappa shape index (κ1) is 29.0. The summed E-state index contributed by atoms with van der Waals surface area (Å²) in [5, 5.41) is 0.807. The molecule has 7 nitrogen and oxygen atoms in total. The van der Waals surface area contributed by atoms with Crippen LogP contribution >= 0.6 is 0 Å². The van der Waals surface area contributed by atoms with E-state index in [2.05, 4.69) is 38.9 Å². The van der Waals surface area contributed by atoms with Crippen LogP contribution in [0, 0.1) is 0 Å². The van der Waals surface area contributed by atoms with Crippen molar-refractivity contribution in [3.63, 3.8) is 0 Å². The minimum Gasteiger partial charge on any atom is -0.496 e. The fourth-order valence-electron chi connectivity index (χ4n) is 6.61. The maximum Gasteiger partial charge on any atom is 0.401 e. The number of ether oxygens (including phenoxy) is 2. The van der Waals surface area contributed by atoms with E-state index in [1.807, 2.05) is 30.3 Å². The summed E-state index contributed by atoms with van der Waals surface area (Å²) in [4.78, 5) is 16.1.